The molecule has 0 aliphatic rings. The molecule has 0 aromatic heterocycles. The van der Waals surface area contributed by atoms with Crippen molar-refractivity contribution in [3.8, 4) is 0 Å². The second-order valence-electron chi connectivity index (χ2n) is 4.00. The van der Waals surface area contributed by atoms with E-state index in [4.69, 9.17) is 0 Å². The number of hydrazine groups is 1. The number of halogens is 3. The van der Waals surface area contributed by atoms with Gasteiger partial charge in [-0.15, -0.1) is 0 Å². The molecular weight excluding hydrogens is 253 g/mol. The van der Waals surface area contributed by atoms with Gasteiger partial charge in [-0.25, -0.2) is 5.43 Å². The molecule has 2 rings (SSSR count). The van der Waals surface area contributed by atoms with Crippen LogP contribution >= 0.6 is 0 Å². The molecule has 0 unspecified atom stereocenters. The predicted molar refractivity (Wildman–Crippen MR) is 68.3 cm³/mol. The van der Waals surface area contributed by atoms with Crippen molar-refractivity contribution < 1.29 is 13.2 Å². The van der Waals surface area contributed by atoms with E-state index in [1.807, 2.05) is 30.3 Å². The summed E-state index contributed by atoms with van der Waals surface area (Å²) in [5.41, 5.74) is 6.03. The molecule has 0 amide bonds. The van der Waals surface area contributed by atoms with E-state index < -0.39 is 11.7 Å². The van der Waals surface area contributed by atoms with Crippen LogP contribution in [0.15, 0.2) is 54.6 Å². The Morgan fingerprint density at radius 2 is 1.47 bits per heavy atom. The minimum atomic E-state index is -4.33. The van der Waals surface area contributed by atoms with Gasteiger partial charge in [-0.2, -0.15) is 13.2 Å². The van der Waals surface area contributed by atoms with Gasteiger partial charge in [0.2, 0.25) is 0 Å². The van der Waals surface area contributed by atoms with E-state index in [-0.39, 0.29) is 12.1 Å². The summed E-state index contributed by atoms with van der Waals surface area (Å²) in [7, 11) is 0. The zero-order valence-electron chi connectivity index (χ0n) is 10.0. The predicted octanol–water partition coefficient (Wildman–Crippen LogP) is 3.82. The third-order valence-electron chi connectivity index (χ3n) is 2.61. The van der Waals surface area contributed by atoms with Gasteiger partial charge in [0.15, 0.2) is 0 Å². The van der Waals surface area contributed by atoms with Crippen LogP contribution in [0.1, 0.15) is 11.1 Å². The van der Waals surface area contributed by atoms with Crippen LogP contribution in [0, 0.1) is 0 Å². The Balaban J connectivity index is 2.00. The van der Waals surface area contributed by atoms with E-state index in [9.17, 15) is 13.2 Å². The van der Waals surface area contributed by atoms with Gasteiger partial charge in [0.25, 0.3) is 0 Å². The van der Waals surface area contributed by atoms with Gasteiger partial charge >= 0.3 is 6.18 Å². The quantitative estimate of drug-likeness (QED) is 0.822. The van der Waals surface area contributed by atoms with E-state index in [1.54, 1.807) is 6.07 Å². The summed E-state index contributed by atoms with van der Waals surface area (Å²) in [6.07, 6.45) is -4.33. The Hall–Kier alpha value is -2.01. The van der Waals surface area contributed by atoms with Gasteiger partial charge < -0.3 is 5.43 Å². The van der Waals surface area contributed by atoms with Crippen LogP contribution in [0.4, 0.5) is 18.9 Å². The van der Waals surface area contributed by atoms with Crippen molar-refractivity contribution in [1.29, 1.82) is 0 Å². The van der Waals surface area contributed by atoms with Crippen LogP contribution in [0.3, 0.4) is 0 Å². The van der Waals surface area contributed by atoms with Gasteiger partial charge in [0, 0.05) is 12.2 Å². The van der Waals surface area contributed by atoms with Crippen LogP contribution in [-0.4, -0.2) is 0 Å². The molecule has 2 N–H and O–H groups in total. The smallest absolute Gasteiger partial charge is 0.321 e. The first-order valence-corrected chi connectivity index (χ1v) is 5.76. The number of para-hydroxylation sites is 1. The topological polar surface area (TPSA) is 24.1 Å². The summed E-state index contributed by atoms with van der Waals surface area (Å²) in [5, 5.41) is 0. The van der Waals surface area contributed by atoms with Crippen molar-refractivity contribution in [3.63, 3.8) is 0 Å². The van der Waals surface area contributed by atoms with Crippen molar-refractivity contribution in [2.24, 2.45) is 0 Å². The fraction of sp³-hybridized carbons (Fsp3) is 0.143. The number of nitrogens with one attached hydrogen (secondary N) is 2. The van der Waals surface area contributed by atoms with Crippen molar-refractivity contribution in [1.82, 2.24) is 5.43 Å². The average molecular weight is 266 g/mol. The normalized spacial score (nSPS) is 11.3. The molecule has 0 aliphatic carbocycles. The summed E-state index contributed by atoms with van der Waals surface area (Å²) in [6.45, 7) is 0.0879. The number of rotatable bonds is 4. The summed E-state index contributed by atoms with van der Waals surface area (Å²) in [4.78, 5) is 0. The highest BCUT2D eigenvalue weighted by atomic mass is 19.4. The van der Waals surface area contributed by atoms with Crippen LogP contribution in [0.2, 0.25) is 0 Å². The van der Waals surface area contributed by atoms with Gasteiger partial charge in [-0.1, -0.05) is 36.4 Å². The number of hydrogen-bond acceptors (Lipinski definition) is 2. The zero-order chi connectivity index (χ0) is 13.7. The molecule has 2 nitrogen and oxygen atoms in total. The van der Waals surface area contributed by atoms with Crippen LogP contribution < -0.4 is 10.9 Å². The first-order valence-electron chi connectivity index (χ1n) is 5.76. The van der Waals surface area contributed by atoms with E-state index in [1.165, 1.54) is 12.1 Å². The number of anilines is 1. The second-order valence-corrected chi connectivity index (χ2v) is 4.00. The summed E-state index contributed by atoms with van der Waals surface area (Å²) >= 11 is 0. The minimum absolute atomic E-state index is 0.0879. The lowest BCUT2D eigenvalue weighted by Crippen LogP contribution is -2.23. The SMILES string of the molecule is FC(F)(F)c1ccccc1CNNc1ccccc1. The molecule has 0 spiro atoms. The van der Waals surface area contributed by atoms with Crippen molar-refractivity contribution in [2.75, 3.05) is 5.43 Å². The molecule has 0 bridgehead atoms. The monoisotopic (exact) mass is 266 g/mol. The van der Waals surface area contributed by atoms with Crippen molar-refractivity contribution in [2.45, 2.75) is 12.7 Å². The molecule has 2 aromatic carbocycles. The molecule has 19 heavy (non-hydrogen) atoms. The minimum Gasteiger partial charge on any atom is -0.321 e. The molecular formula is C14H13F3N2. The Morgan fingerprint density at radius 1 is 0.842 bits per heavy atom. The standard InChI is InChI=1S/C14H13F3N2/c15-14(16,17)13-9-5-4-6-11(13)10-18-19-12-7-2-1-3-8-12/h1-9,18-19H,10H2. The van der Waals surface area contributed by atoms with E-state index in [0.717, 1.165) is 11.8 Å². The highest BCUT2D eigenvalue weighted by Gasteiger charge is 2.32. The maximum absolute atomic E-state index is 12.8. The third-order valence-corrected chi connectivity index (χ3v) is 2.61. The number of benzene rings is 2. The molecule has 0 heterocycles. The molecule has 0 saturated heterocycles. The Bertz CT molecular complexity index is 524. The van der Waals surface area contributed by atoms with Gasteiger partial charge in [0.05, 0.1) is 5.56 Å². The lowest BCUT2D eigenvalue weighted by molar-refractivity contribution is -0.138. The molecule has 0 atom stereocenters. The zero-order valence-corrected chi connectivity index (χ0v) is 10.0. The third kappa shape index (κ3) is 3.72. The molecule has 0 saturated carbocycles. The highest BCUT2D eigenvalue weighted by molar-refractivity contribution is 5.41. The Labute approximate surface area is 109 Å². The van der Waals surface area contributed by atoms with Crippen LogP contribution in [0.25, 0.3) is 0 Å². The summed E-state index contributed by atoms with van der Waals surface area (Å²) < 4.78 is 38.3. The average Bonchev–Trinajstić information content (AvgIpc) is 2.39. The van der Waals surface area contributed by atoms with E-state index >= 15 is 0 Å². The molecule has 0 radical (unpaired) electrons. The van der Waals surface area contributed by atoms with Gasteiger partial charge in [-0.3, -0.25) is 0 Å². The lowest BCUT2D eigenvalue weighted by Gasteiger charge is -2.14. The first kappa shape index (κ1) is 13.4. The molecule has 0 fully saturated rings. The Kier molecular flexibility index (Phi) is 4.06. The Morgan fingerprint density at radius 3 is 2.16 bits per heavy atom. The van der Waals surface area contributed by atoms with Crippen LogP contribution in [-0.2, 0) is 12.7 Å². The highest BCUT2D eigenvalue weighted by Crippen LogP contribution is 2.31. The van der Waals surface area contributed by atoms with Gasteiger partial charge in [0.1, 0.15) is 0 Å². The first-order chi connectivity index (χ1) is 9.07. The summed E-state index contributed by atoms with van der Waals surface area (Å²) in [5.74, 6) is 0. The molecule has 0 aliphatic heterocycles. The van der Waals surface area contributed by atoms with Gasteiger partial charge in [-0.05, 0) is 23.8 Å². The van der Waals surface area contributed by atoms with Crippen molar-refractivity contribution >= 4 is 5.69 Å². The lowest BCUT2D eigenvalue weighted by atomic mass is 10.1. The van der Waals surface area contributed by atoms with E-state index in [0.29, 0.717) is 0 Å². The molecule has 5 heteroatoms. The molecule has 2 aromatic rings. The fourth-order valence-corrected chi connectivity index (χ4v) is 1.71. The van der Waals surface area contributed by atoms with E-state index in [2.05, 4.69) is 10.9 Å². The molecule has 100 valence electrons. The number of alkyl halides is 3. The van der Waals surface area contributed by atoms with Crippen LogP contribution in [0.5, 0.6) is 0 Å². The maximum Gasteiger partial charge on any atom is 0.416 e. The second kappa shape index (κ2) is 5.75. The largest absolute Gasteiger partial charge is 0.416 e. The number of hydrogen-bond donors (Lipinski definition) is 2. The van der Waals surface area contributed by atoms with Crippen molar-refractivity contribution in [3.05, 3.63) is 65.7 Å². The maximum atomic E-state index is 12.8. The summed E-state index contributed by atoms with van der Waals surface area (Å²) in [6, 6.07) is 14.7. The fourth-order valence-electron chi connectivity index (χ4n) is 1.71.